The number of hydrogen-bond donors (Lipinski definition) is 1. The number of hydrogen-bond acceptors (Lipinski definition) is 5. The highest BCUT2D eigenvalue weighted by Gasteiger charge is 2.30. The molecule has 94 valence electrons. The zero-order chi connectivity index (χ0) is 12.3. The standard InChI is InChI=1S/C11H16N2O3S/c1-8(10-5-12-7-17-10)13-2-3-16-6-9(13)4-11(14)15/h5,7-9H,2-4,6H2,1H3,(H,14,15). The number of carbonyl (C=O) groups is 1. The Hall–Kier alpha value is -0.980. The Morgan fingerprint density at radius 3 is 3.29 bits per heavy atom. The minimum absolute atomic E-state index is 0.0432. The van der Waals surface area contributed by atoms with E-state index >= 15 is 0 Å². The van der Waals surface area contributed by atoms with Gasteiger partial charge in [0.1, 0.15) is 0 Å². The Bertz CT molecular complexity index is 369. The summed E-state index contributed by atoms with van der Waals surface area (Å²) in [5.41, 5.74) is 1.80. The summed E-state index contributed by atoms with van der Waals surface area (Å²) in [5.74, 6) is -0.776. The van der Waals surface area contributed by atoms with Crippen molar-refractivity contribution < 1.29 is 14.6 Å². The third-order valence-electron chi connectivity index (χ3n) is 3.04. The highest BCUT2D eigenvalue weighted by atomic mass is 32.1. The second-order valence-electron chi connectivity index (χ2n) is 4.14. The number of aliphatic carboxylic acids is 1. The Morgan fingerprint density at radius 1 is 1.82 bits per heavy atom. The van der Waals surface area contributed by atoms with E-state index in [1.807, 2.05) is 6.20 Å². The van der Waals surface area contributed by atoms with E-state index in [0.29, 0.717) is 13.2 Å². The fourth-order valence-electron chi connectivity index (χ4n) is 2.15. The van der Waals surface area contributed by atoms with Gasteiger partial charge in [-0.3, -0.25) is 14.7 Å². The molecule has 5 nitrogen and oxygen atoms in total. The van der Waals surface area contributed by atoms with Crippen molar-refractivity contribution in [2.75, 3.05) is 19.8 Å². The SMILES string of the molecule is CC(c1cncs1)N1CCOCC1CC(=O)O. The largest absolute Gasteiger partial charge is 0.481 e. The molecule has 0 aromatic carbocycles. The van der Waals surface area contributed by atoms with E-state index in [9.17, 15) is 4.79 Å². The maximum atomic E-state index is 10.8. The lowest BCUT2D eigenvalue weighted by Crippen LogP contribution is -2.47. The Labute approximate surface area is 104 Å². The summed E-state index contributed by atoms with van der Waals surface area (Å²) in [5, 5.41) is 8.90. The monoisotopic (exact) mass is 256 g/mol. The molecule has 0 saturated carbocycles. The Morgan fingerprint density at radius 2 is 2.65 bits per heavy atom. The van der Waals surface area contributed by atoms with Crippen molar-refractivity contribution in [2.24, 2.45) is 0 Å². The molecule has 1 aliphatic heterocycles. The molecule has 0 radical (unpaired) electrons. The van der Waals surface area contributed by atoms with Crippen LogP contribution in [0.2, 0.25) is 0 Å². The average Bonchev–Trinajstić information content (AvgIpc) is 2.81. The van der Waals surface area contributed by atoms with Crippen LogP contribution in [0.25, 0.3) is 0 Å². The maximum Gasteiger partial charge on any atom is 0.305 e. The van der Waals surface area contributed by atoms with Crippen molar-refractivity contribution >= 4 is 17.3 Å². The Kier molecular flexibility index (Phi) is 4.09. The highest BCUT2D eigenvalue weighted by Crippen LogP contribution is 2.27. The molecule has 2 heterocycles. The predicted octanol–water partition coefficient (Wildman–Crippen LogP) is 1.38. The zero-order valence-corrected chi connectivity index (χ0v) is 10.5. The molecule has 1 N–H and O–H groups in total. The first-order chi connectivity index (χ1) is 8.18. The van der Waals surface area contributed by atoms with Gasteiger partial charge in [0, 0.05) is 29.7 Å². The third kappa shape index (κ3) is 3.02. The van der Waals surface area contributed by atoms with Crippen molar-refractivity contribution in [1.82, 2.24) is 9.88 Å². The average molecular weight is 256 g/mol. The molecule has 0 spiro atoms. The van der Waals surface area contributed by atoms with Crippen LogP contribution >= 0.6 is 11.3 Å². The van der Waals surface area contributed by atoms with Gasteiger partial charge in [0.25, 0.3) is 0 Å². The van der Waals surface area contributed by atoms with Crippen LogP contribution < -0.4 is 0 Å². The van der Waals surface area contributed by atoms with Crippen LogP contribution in [-0.4, -0.2) is 46.8 Å². The lowest BCUT2D eigenvalue weighted by Gasteiger charge is -2.38. The van der Waals surface area contributed by atoms with Crippen molar-refractivity contribution in [1.29, 1.82) is 0 Å². The molecule has 17 heavy (non-hydrogen) atoms. The van der Waals surface area contributed by atoms with Crippen molar-refractivity contribution in [3.05, 3.63) is 16.6 Å². The van der Waals surface area contributed by atoms with Crippen LogP contribution in [0.5, 0.6) is 0 Å². The molecule has 0 aliphatic carbocycles. The first-order valence-corrected chi connectivity index (χ1v) is 6.50. The lowest BCUT2D eigenvalue weighted by atomic mass is 10.1. The highest BCUT2D eigenvalue weighted by molar-refractivity contribution is 7.09. The van der Waals surface area contributed by atoms with E-state index in [2.05, 4.69) is 16.8 Å². The topological polar surface area (TPSA) is 62.7 Å². The summed E-state index contributed by atoms with van der Waals surface area (Å²) in [6.45, 7) is 4.03. The van der Waals surface area contributed by atoms with E-state index in [1.54, 1.807) is 16.8 Å². The van der Waals surface area contributed by atoms with Crippen molar-refractivity contribution in [2.45, 2.75) is 25.4 Å². The summed E-state index contributed by atoms with van der Waals surface area (Å²) in [6, 6.07) is 0.161. The number of ether oxygens (including phenoxy) is 1. The first-order valence-electron chi connectivity index (χ1n) is 5.62. The van der Waals surface area contributed by atoms with Gasteiger partial charge in [-0.1, -0.05) is 0 Å². The zero-order valence-electron chi connectivity index (χ0n) is 9.70. The van der Waals surface area contributed by atoms with E-state index in [1.165, 1.54) is 4.88 Å². The maximum absolute atomic E-state index is 10.8. The van der Waals surface area contributed by atoms with Gasteiger partial charge in [0.05, 0.1) is 25.1 Å². The van der Waals surface area contributed by atoms with Crippen LogP contribution in [0.1, 0.15) is 24.3 Å². The molecule has 6 heteroatoms. The van der Waals surface area contributed by atoms with Crippen molar-refractivity contribution in [3.63, 3.8) is 0 Å². The van der Waals surface area contributed by atoms with E-state index in [-0.39, 0.29) is 18.5 Å². The molecule has 1 aliphatic rings. The minimum Gasteiger partial charge on any atom is -0.481 e. The third-order valence-corrected chi connectivity index (χ3v) is 3.99. The summed E-state index contributed by atoms with van der Waals surface area (Å²) >= 11 is 1.60. The van der Waals surface area contributed by atoms with Gasteiger partial charge in [-0.05, 0) is 6.92 Å². The van der Waals surface area contributed by atoms with Crippen LogP contribution in [0, 0.1) is 0 Å². The van der Waals surface area contributed by atoms with Crippen LogP contribution in [0.15, 0.2) is 11.7 Å². The number of morpholine rings is 1. The summed E-state index contributed by atoms with van der Waals surface area (Å²) in [7, 11) is 0. The molecule has 0 amide bonds. The smallest absolute Gasteiger partial charge is 0.305 e. The van der Waals surface area contributed by atoms with Gasteiger partial charge in [-0.15, -0.1) is 11.3 Å². The molecule has 1 fully saturated rings. The summed E-state index contributed by atoms with van der Waals surface area (Å²) < 4.78 is 5.36. The summed E-state index contributed by atoms with van der Waals surface area (Å²) in [4.78, 5) is 18.3. The first kappa shape index (κ1) is 12.5. The van der Waals surface area contributed by atoms with E-state index in [0.717, 1.165) is 6.54 Å². The fourth-order valence-corrected chi connectivity index (χ4v) is 2.85. The van der Waals surface area contributed by atoms with Gasteiger partial charge in [0.2, 0.25) is 0 Å². The van der Waals surface area contributed by atoms with Gasteiger partial charge >= 0.3 is 5.97 Å². The quantitative estimate of drug-likeness (QED) is 0.881. The lowest BCUT2D eigenvalue weighted by molar-refractivity contribution is -0.140. The molecule has 1 saturated heterocycles. The number of carboxylic acids is 1. The molecular weight excluding hydrogens is 240 g/mol. The van der Waals surface area contributed by atoms with Gasteiger partial charge in [0.15, 0.2) is 0 Å². The molecule has 2 atom stereocenters. The van der Waals surface area contributed by atoms with Gasteiger partial charge < -0.3 is 9.84 Å². The molecule has 2 rings (SSSR count). The van der Waals surface area contributed by atoms with Crippen LogP contribution in [0.4, 0.5) is 0 Å². The number of nitrogens with zero attached hydrogens (tertiary/aromatic N) is 2. The van der Waals surface area contributed by atoms with Crippen molar-refractivity contribution in [3.8, 4) is 0 Å². The fraction of sp³-hybridized carbons (Fsp3) is 0.636. The van der Waals surface area contributed by atoms with Crippen LogP contribution in [-0.2, 0) is 9.53 Å². The molecule has 0 bridgehead atoms. The number of aromatic nitrogens is 1. The van der Waals surface area contributed by atoms with E-state index in [4.69, 9.17) is 9.84 Å². The van der Waals surface area contributed by atoms with Crippen LogP contribution in [0.3, 0.4) is 0 Å². The molecule has 2 unspecified atom stereocenters. The number of carboxylic acid groups (broad SMARTS) is 1. The molecule has 1 aromatic heterocycles. The van der Waals surface area contributed by atoms with Gasteiger partial charge in [-0.2, -0.15) is 0 Å². The van der Waals surface area contributed by atoms with E-state index < -0.39 is 5.97 Å². The normalized spacial score (nSPS) is 23.5. The second kappa shape index (κ2) is 5.57. The second-order valence-corrected chi connectivity index (χ2v) is 5.06. The summed E-state index contributed by atoms with van der Waals surface area (Å²) in [6.07, 6.45) is 1.98. The molecule has 1 aromatic rings. The predicted molar refractivity (Wildman–Crippen MR) is 64.1 cm³/mol. The Balaban J connectivity index is 2.07. The molecular formula is C11H16N2O3S. The minimum atomic E-state index is -0.776. The van der Waals surface area contributed by atoms with Gasteiger partial charge in [-0.25, -0.2) is 0 Å². The number of rotatable bonds is 4. The number of thiazole rings is 1.